The van der Waals surface area contributed by atoms with Crippen molar-refractivity contribution in [1.82, 2.24) is 0 Å². The zero-order valence-corrected chi connectivity index (χ0v) is 22.9. The number of benzene rings is 3. The van der Waals surface area contributed by atoms with Crippen LogP contribution in [0.4, 0.5) is 0 Å². The lowest BCUT2D eigenvalue weighted by atomic mass is 9.98. The number of hydrogen-bond donors (Lipinski definition) is 0. The first-order valence-electron chi connectivity index (χ1n) is 12.1. The van der Waals surface area contributed by atoms with Gasteiger partial charge in [-0.1, -0.05) is 54.1 Å². The zero-order chi connectivity index (χ0) is 27.9. The fraction of sp³-hybridized carbons (Fsp3) is 0.161. The molecule has 4 aromatic rings. The molecular weight excluding hydrogens is 532 g/mol. The number of ketones is 1. The highest BCUT2D eigenvalue weighted by molar-refractivity contribution is 7.14. The van der Waals surface area contributed by atoms with Crippen molar-refractivity contribution in [2.24, 2.45) is 0 Å². The second kappa shape index (κ2) is 12.4. The summed E-state index contributed by atoms with van der Waals surface area (Å²) < 4.78 is 11.2. The molecule has 0 aliphatic heterocycles. The highest BCUT2D eigenvalue weighted by Crippen LogP contribution is 2.33. The number of nitriles is 2. The fourth-order valence-corrected chi connectivity index (χ4v) is 5.36. The van der Waals surface area contributed by atoms with E-state index >= 15 is 0 Å². The summed E-state index contributed by atoms with van der Waals surface area (Å²) in [6.45, 7) is 3.81. The Morgan fingerprint density at radius 3 is 2.49 bits per heavy atom. The first kappa shape index (κ1) is 27.6. The molecule has 1 heterocycles. The third-order valence-corrected chi connectivity index (χ3v) is 7.59. The zero-order valence-electron chi connectivity index (χ0n) is 21.3. The quantitative estimate of drug-likeness (QED) is 0.123. The first-order chi connectivity index (χ1) is 18.9. The lowest BCUT2D eigenvalue weighted by Gasteiger charge is -2.13. The first-order valence-corrected chi connectivity index (χ1v) is 13.3. The van der Waals surface area contributed by atoms with E-state index in [0.717, 1.165) is 27.7 Å². The van der Waals surface area contributed by atoms with Gasteiger partial charge in [-0.05, 0) is 60.0 Å². The van der Waals surface area contributed by atoms with Crippen molar-refractivity contribution in [3.05, 3.63) is 103 Å². The van der Waals surface area contributed by atoms with E-state index in [2.05, 4.69) is 6.07 Å². The van der Waals surface area contributed by atoms with Gasteiger partial charge in [0, 0.05) is 21.9 Å². The number of allylic oxidation sites excluding steroid dienone is 1. The maximum Gasteiger partial charge on any atom is 0.348 e. The van der Waals surface area contributed by atoms with Gasteiger partial charge < -0.3 is 9.47 Å². The van der Waals surface area contributed by atoms with E-state index in [1.807, 2.05) is 54.6 Å². The average molecular weight is 555 g/mol. The van der Waals surface area contributed by atoms with Gasteiger partial charge in [-0.3, -0.25) is 4.79 Å². The lowest BCUT2D eigenvalue weighted by molar-refractivity contribution is -0.114. The van der Waals surface area contributed by atoms with Crippen molar-refractivity contribution in [2.75, 3.05) is 6.61 Å². The van der Waals surface area contributed by atoms with Crippen LogP contribution in [0.1, 0.15) is 43.7 Å². The molecule has 3 aromatic carbocycles. The smallest absolute Gasteiger partial charge is 0.348 e. The molecule has 0 spiro atoms. The standard InChI is InChI=1S/C31H23ClN2O4S/c1-3-37-31(36)30-19(2)26(17-34)29(39-30)15-27(35)22(16-33)14-25-24-7-5-4-6-21(24)10-13-28(25)38-18-20-8-11-23(32)12-9-20/h4-14H,3,15,18H2,1-2H3/b22-14+. The number of fused-ring (bicyclic) bond motifs is 1. The monoisotopic (exact) mass is 554 g/mol. The maximum atomic E-state index is 13.3. The highest BCUT2D eigenvalue weighted by Gasteiger charge is 2.24. The molecule has 0 unspecified atom stereocenters. The summed E-state index contributed by atoms with van der Waals surface area (Å²) in [6.07, 6.45) is 1.33. The van der Waals surface area contributed by atoms with Gasteiger partial charge in [-0.25, -0.2) is 4.79 Å². The van der Waals surface area contributed by atoms with Gasteiger partial charge in [-0.2, -0.15) is 10.5 Å². The van der Waals surface area contributed by atoms with Crippen LogP contribution in [0.15, 0.2) is 66.2 Å². The van der Waals surface area contributed by atoms with Gasteiger partial charge in [0.05, 0.1) is 17.7 Å². The Morgan fingerprint density at radius 1 is 1.05 bits per heavy atom. The molecule has 6 nitrogen and oxygen atoms in total. The van der Waals surface area contributed by atoms with E-state index in [1.165, 1.54) is 6.08 Å². The summed E-state index contributed by atoms with van der Waals surface area (Å²) in [5.41, 5.74) is 2.15. The third kappa shape index (κ3) is 6.18. The van der Waals surface area contributed by atoms with Crippen LogP contribution in [0, 0.1) is 29.6 Å². The summed E-state index contributed by atoms with van der Waals surface area (Å²) in [5, 5.41) is 22.0. The van der Waals surface area contributed by atoms with Crippen molar-refractivity contribution in [3.8, 4) is 17.9 Å². The Balaban J connectivity index is 1.70. The Bertz CT molecular complexity index is 1670. The fourth-order valence-electron chi connectivity index (χ4n) is 4.09. The summed E-state index contributed by atoms with van der Waals surface area (Å²) in [7, 11) is 0. The minimum absolute atomic E-state index is 0.0877. The molecule has 4 rings (SSSR count). The number of rotatable bonds is 9. The van der Waals surface area contributed by atoms with Gasteiger partial charge in [0.15, 0.2) is 5.78 Å². The van der Waals surface area contributed by atoms with E-state index in [9.17, 15) is 20.1 Å². The number of carbonyl (C=O) groups excluding carboxylic acids is 2. The summed E-state index contributed by atoms with van der Waals surface area (Å²) in [4.78, 5) is 26.3. The Morgan fingerprint density at radius 2 is 1.79 bits per heavy atom. The van der Waals surface area contributed by atoms with Crippen LogP contribution < -0.4 is 4.74 Å². The van der Waals surface area contributed by atoms with Crippen molar-refractivity contribution in [3.63, 3.8) is 0 Å². The van der Waals surface area contributed by atoms with E-state index in [-0.39, 0.29) is 35.6 Å². The van der Waals surface area contributed by atoms with Crippen LogP contribution >= 0.6 is 22.9 Å². The Labute approximate surface area is 235 Å². The summed E-state index contributed by atoms with van der Waals surface area (Å²) >= 11 is 7.03. The van der Waals surface area contributed by atoms with Crippen LogP contribution in [0.3, 0.4) is 0 Å². The Kier molecular flexibility index (Phi) is 8.78. The van der Waals surface area contributed by atoms with Crippen molar-refractivity contribution >= 4 is 51.5 Å². The minimum atomic E-state index is -0.538. The van der Waals surface area contributed by atoms with Gasteiger partial charge in [0.1, 0.15) is 29.4 Å². The maximum absolute atomic E-state index is 13.3. The number of hydrogen-bond acceptors (Lipinski definition) is 7. The molecule has 0 aliphatic carbocycles. The second-order valence-corrected chi connectivity index (χ2v) is 10.1. The molecule has 8 heteroatoms. The van der Waals surface area contributed by atoms with E-state index in [0.29, 0.717) is 26.8 Å². The number of carbonyl (C=O) groups is 2. The normalized spacial score (nSPS) is 11.1. The number of halogens is 1. The summed E-state index contributed by atoms with van der Waals surface area (Å²) in [6, 6.07) is 22.7. The largest absolute Gasteiger partial charge is 0.488 e. The molecule has 0 fully saturated rings. The van der Waals surface area contributed by atoms with Crippen LogP contribution in [-0.2, 0) is 22.6 Å². The molecule has 0 saturated carbocycles. The second-order valence-electron chi connectivity index (χ2n) is 8.57. The van der Waals surface area contributed by atoms with E-state index in [4.69, 9.17) is 21.1 Å². The van der Waals surface area contributed by atoms with Crippen LogP contribution in [0.2, 0.25) is 5.02 Å². The van der Waals surface area contributed by atoms with Crippen LogP contribution in [0.5, 0.6) is 5.75 Å². The molecule has 39 heavy (non-hydrogen) atoms. The average Bonchev–Trinajstić information content (AvgIpc) is 3.26. The number of thiophene rings is 1. The summed E-state index contributed by atoms with van der Waals surface area (Å²) in [5.74, 6) is -0.495. The minimum Gasteiger partial charge on any atom is -0.488 e. The van der Waals surface area contributed by atoms with Gasteiger partial charge >= 0.3 is 5.97 Å². The molecule has 0 N–H and O–H groups in total. The van der Waals surface area contributed by atoms with Crippen molar-refractivity contribution in [2.45, 2.75) is 26.9 Å². The molecule has 1 aromatic heterocycles. The molecule has 0 radical (unpaired) electrons. The number of ether oxygens (including phenoxy) is 2. The van der Waals surface area contributed by atoms with Crippen molar-refractivity contribution in [1.29, 1.82) is 10.5 Å². The van der Waals surface area contributed by atoms with E-state index < -0.39 is 11.8 Å². The van der Waals surface area contributed by atoms with Crippen molar-refractivity contribution < 1.29 is 19.1 Å². The molecule has 0 amide bonds. The van der Waals surface area contributed by atoms with Crippen LogP contribution in [0.25, 0.3) is 16.8 Å². The number of Topliss-reactive ketones (excluding diaryl/α,β-unsaturated/α-hetero) is 1. The molecular formula is C31H23ClN2O4S. The predicted molar refractivity (Wildman–Crippen MR) is 152 cm³/mol. The van der Waals surface area contributed by atoms with Gasteiger partial charge in [-0.15, -0.1) is 11.3 Å². The molecule has 0 bridgehead atoms. The highest BCUT2D eigenvalue weighted by atomic mass is 35.5. The van der Waals surface area contributed by atoms with E-state index in [1.54, 1.807) is 26.0 Å². The van der Waals surface area contributed by atoms with Crippen LogP contribution in [-0.4, -0.2) is 18.4 Å². The molecule has 0 saturated heterocycles. The molecule has 0 aliphatic rings. The van der Waals surface area contributed by atoms with Gasteiger partial charge in [0.25, 0.3) is 0 Å². The topological polar surface area (TPSA) is 100 Å². The predicted octanol–water partition coefficient (Wildman–Crippen LogP) is 7.21. The molecule has 0 atom stereocenters. The number of esters is 1. The SMILES string of the molecule is CCOC(=O)c1sc(CC(=O)/C(C#N)=C/c2c(OCc3ccc(Cl)cc3)ccc3ccccc23)c(C#N)c1C. The molecule has 194 valence electrons. The Hall–Kier alpha value is -4.43. The van der Waals surface area contributed by atoms with Gasteiger partial charge in [0.2, 0.25) is 0 Å². The lowest BCUT2D eigenvalue weighted by Crippen LogP contribution is -2.06. The third-order valence-electron chi connectivity index (χ3n) is 6.06. The number of nitrogens with zero attached hydrogens (tertiary/aromatic N) is 2.